The Bertz CT molecular complexity index is 1280. The van der Waals surface area contributed by atoms with Gasteiger partial charge >= 0.3 is 0 Å². The topological polar surface area (TPSA) is 96.1 Å². The van der Waals surface area contributed by atoms with Crippen molar-refractivity contribution in [2.24, 2.45) is 0 Å². The molecular formula is C25H22N4O3S. The normalized spacial score (nSPS) is 12.8. The summed E-state index contributed by atoms with van der Waals surface area (Å²) in [4.78, 5) is 32.8. The van der Waals surface area contributed by atoms with E-state index in [0.29, 0.717) is 23.6 Å². The number of para-hydroxylation sites is 1. The molecule has 5 rings (SSSR count). The lowest BCUT2D eigenvalue weighted by Gasteiger charge is -2.14. The van der Waals surface area contributed by atoms with Crippen LogP contribution in [0.1, 0.15) is 28.9 Å². The first kappa shape index (κ1) is 21.0. The molecule has 0 spiro atoms. The van der Waals surface area contributed by atoms with Gasteiger partial charge in [0.25, 0.3) is 5.91 Å². The number of aromatic amines is 1. The largest absolute Gasteiger partial charge is 0.483 e. The van der Waals surface area contributed by atoms with Gasteiger partial charge in [0.05, 0.1) is 16.9 Å². The Balaban J connectivity index is 1.43. The van der Waals surface area contributed by atoms with Crippen LogP contribution in [0, 0.1) is 0 Å². The molecule has 0 saturated heterocycles. The van der Waals surface area contributed by atoms with Crippen LogP contribution in [0.3, 0.4) is 0 Å². The number of carbonyl (C=O) groups is 2. The Kier molecular flexibility index (Phi) is 5.91. The van der Waals surface area contributed by atoms with Crippen molar-refractivity contribution in [2.45, 2.75) is 19.3 Å². The third kappa shape index (κ3) is 4.65. The van der Waals surface area contributed by atoms with Crippen molar-refractivity contribution in [1.82, 2.24) is 9.97 Å². The van der Waals surface area contributed by atoms with Gasteiger partial charge in [-0.3, -0.25) is 9.59 Å². The number of benzene rings is 1. The van der Waals surface area contributed by atoms with Crippen LogP contribution in [-0.2, 0) is 11.2 Å². The quantitative estimate of drug-likeness (QED) is 0.344. The Hall–Kier alpha value is -3.91. The molecule has 1 aromatic carbocycles. The highest BCUT2D eigenvalue weighted by molar-refractivity contribution is 7.08. The maximum atomic E-state index is 12.8. The Labute approximate surface area is 194 Å². The first-order chi connectivity index (χ1) is 16.2. The number of ether oxygens (including phenoxy) is 1. The predicted molar refractivity (Wildman–Crippen MR) is 129 cm³/mol. The van der Waals surface area contributed by atoms with E-state index < -0.39 is 0 Å². The summed E-state index contributed by atoms with van der Waals surface area (Å²) in [5, 5.41) is 9.93. The van der Waals surface area contributed by atoms with Gasteiger partial charge in [0.15, 0.2) is 12.4 Å². The fourth-order valence-electron chi connectivity index (χ4n) is 3.92. The summed E-state index contributed by atoms with van der Waals surface area (Å²) in [5.74, 6) is 0.908. The fraction of sp³-hybridized carbons (Fsp3) is 0.160. The summed E-state index contributed by atoms with van der Waals surface area (Å²) < 4.78 is 5.46. The number of nitrogens with one attached hydrogen (secondary N) is 3. The highest BCUT2D eigenvalue weighted by Gasteiger charge is 2.27. The smallest absolute Gasteiger partial charge is 0.263 e. The minimum atomic E-state index is -0.297. The lowest BCUT2D eigenvalue weighted by Crippen LogP contribution is -2.20. The third-order valence-electron chi connectivity index (χ3n) is 5.41. The predicted octanol–water partition coefficient (Wildman–Crippen LogP) is 5.42. The molecule has 1 aliphatic rings. The molecule has 0 fully saturated rings. The van der Waals surface area contributed by atoms with Gasteiger partial charge < -0.3 is 20.4 Å². The number of H-pyrrole nitrogens is 1. The van der Waals surface area contributed by atoms with Crippen molar-refractivity contribution in [3.05, 3.63) is 76.7 Å². The van der Waals surface area contributed by atoms with Crippen molar-refractivity contribution in [3.8, 4) is 17.0 Å². The monoisotopic (exact) mass is 458 g/mol. The zero-order valence-corrected chi connectivity index (χ0v) is 18.6. The average molecular weight is 459 g/mol. The van der Waals surface area contributed by atoms with Gasteiger partial charge in [0.1, 0.15) is 11.6 Å². The molecule has 3 heterocycles. The molecule has 8 heteroatoms. The molecule has 166 valence electrons. The van der Waals surface area contributed by atoms with E-state index in [2.05, 4.69) is 20.6 Å². The number of amides is 1. The Morgan fingerprint density at radius 3 is 2.85 bits per heavy atom. The van der Waals surface area contributed by atoms with Gasteiger partial charge in [-0.25, -0.2) is 4.98 Å². The molecule has 3 aromatic heterocycles. The number of aromatic nitrogens is 2. The van der Waals surface area contributed by atoms with Crippen LogP contribution < -0.4 is 15.4 Å². The van der Waals surface area contributed by atoms with E-state index in [1.807, 2.05) is 53.2 Å². The number of carbonyl (C=O) groups excluding carboxylic acids is 2. The molecule has 0 bridgehead atoms. The van der Waals surface area contributed by atoms with Crippen LogP contribution in [0.15, 0.2) is 65.5 Å². The fourth-order valence-corrected chi connectivity index (χ4v) is 4.49. The maximum Gasteiger partial charge on any atom is 0.263 e. The molecule has 0 aliphatic heterocycles. The lowest BCUT2D eigenvalue weighted by molar-refractivity contribution is -0.118. The lowest BCUT2D eigenvalue weighted by atomic mass is 9.95. The van der Waals surface area contributed by atoms with Crippen LogP contribution in [0.25, 0.3) is 11.3 Å². The molecule has 0 unspecified atom stereocenters. The standard InChI is InChI=1S/C25H22N4O3S/c30-20-8-4-7-19-23(20)25(27-17-5-2-1-3-6-17)24(28-19)16-9-11-26-21(13-16)29-22(31)14-32-18-10-12-33-15-18/h1-3,5-6,9-13,15,27-28H,4,7-8,14H2,(H,26,29,31). The molecule has 33 heavy (non-hydrogen) atoms. The number of thiophene rings is 1. The van der Waals surface area contributed by atoms with Gasteiger partial charge in [-0.05, 0) is 48.6 Å². The minimum Gasteiger partial charge on any atom is -0.483 e. The number of fused-ring (bicyclic) bond motifs is 1. The van der Waals surface area contributed by atoms with E-state index in [1.54, 1.807) is 12.3 Å². The molecule has 7 nitrogen and oxygen atoms in total. The van der Waals surface area contributed by atoms with Gasteiger partial charge in [0, 0.05) is 34.9 Å². The van der Waals surface area contributed by atoms with E-state index in [9.17, 15) is 9.59 Å². The molecule has 1 aliphatic carbocycles. The molecular weight excluding hydrogens is 436 g/mol. The summed E-state index contributed by atoms with van der Waals surface area (Å²) in [7, 11) is 0. The van der Waals surface area contributed by atoms with Crippen molar-refractivity contribution in [2.75, 3.05) is 17.2 Å². The number of pyridine rings is 1. The second-order valence-electron chi connectivity index (χ2n) is 7.72. The Morgan fingerprint density at radius 2 is 2.03 bits per heavy atom. The molecule has 0 radical (unpaired) electrons. The van der Waals surface area contributed by atoms with E-state index in [4.69, 9.17) is 4.74 Å². The van der Waals surface area contributed by atoms with E-state index in [1.165, 1.54) is 11.3 Å². The summed E-state index contributed by atoms with van der Waals surface area (Å²) in [6, 6.07) is 15.2. The first-order valence-electron chi connectivity index (χ1n) is 10.7. The second kappa shape index (κ2) is 9.30. The van der Waals surface area contributed by atoms with Crippen LogP contribution in [0.4, 0.5) is 17.2 Å². The van der Waals surface area contributed by atoms with Crippen molar-refractivity contribution < 1.29 is 14.3 Å². The molecule has 3 N–H and O–H groups in total. The zero-order valence-electron chi connectivity index (χ0n) is 17.8. The number of hydrogen-bond acceptors (Lipinski definition) is 6. The number of Topliss-reactive ketones (excluding diaryl/α,β-unsaturated/α-hetero) is 1. The average Bonchev–Trinajstić information content (AvgIpc) is 3.48. The van der Waals surface area contributed by atoms with Gasteiger partial charge in [-0.2, -0.15) is 0 Å². The number of rotatable bonds is 7. The van der Waals surface area contributed by atoms with Crippen LogP contribution in [-0.4, -0.2) is 28.3 Å². The number of ketones is 1. The minimum absolute atomic E-state index is 0.102. The summed E-state index contributed by atoms with van der Waals surface area (Å²) in [5.41, 5.74) is 4.92. The SMILES string of the molecule is O=C(COc1ccsc1)Nc1cc(-c2[nH]c3c(c2Nc2ccccc2)C(=O)CCC3)ccn1. The van der Waals surface area contributed by atoms with E-state index >= 15 is 0 Å². The maximum absolute atomic E-state index is 12.8. The molecule has 0 saturated carbocycles. The van der Waals surface area contributed by atoms with Crippen molar-refractivity contribution in [1.29, 1.82) is 0 Å². The Morgan fingerprint density at radius 1 is 1.15 bits per heavy atom. The number of aryl methyl sites for hydroxylation is 1. The summed E-state index contributed by atoms with van der Waals surface area (Å²) >= 11 is 1.51. The van der Waals surface area contributed by atoms with Crippen LogP contribution in [0.5, 0.6) is 5.75 Å². The van der Waals surface area contributed by atoms with Crippen LogP contribution in [0.2, 0.25) is 0 Å². The number of hydrogen-bond donors (Lipinski definition) is 3. The van der Waals surface area contributed by atoms with Crippen LogP contribution >= 0.6 is 11.3 Å². The van der Waals surface area contributed by atoms with Gasteiger partial charge in [-0.15, -0.1) is 11.3 Å². The molecule has 0 atom stereocenters. The second-order valence-corrected chi connectivity index (χ2v) is 8.50. The van der Waals surface area contributed by atoms with Gasteiger partial charge in [-0.1, -0.05) is 18.2 Å². The third-order valence-corrected chi connectivity index (χ3v) is 6.07. The highest BCUT2D eigenvalue weighted by atomic mass is 32.1. The van der Waals surface area contributed by atoms with E-state index in [-0.39, 0.29) is 18.3 Å². The van der Waals surface area contributed by atoms with Crippen molar-refractivity contribution in [3.63, 3.8) is 0 Å². The first-order valence-corrected chi connectivity index (χ1v) is 11.6. The molecule has 4 aromatic rings. The summed E-state index contributed by atoms with van der Waals surface area (Å²) in [6.07, 6.45) is 3.83. The number of anilines is 3. The highest BCUT2D eigenvalue weighted by Crippen LogP contribution is 2.39. The van der Waals surface area contributed by atoms with Gasteiger partial charge in [0.2, 0.25) is 0 Å². The van der Waals surface area contributed by atoms with Crippen molar-refractivity contribution >= 4 is 40.2 Å². The van der Waals surface area contributed by atoms with E-state index in [0.717, 1.165) is 41.2 Å². The number of nitrogens with zero attached hydrogens (tertiary/aromatic N) is 1. The zero-order chi connectivity index (χ0) is 22.6. The molecule has 1 amide bonds. The summed E-state index contributed by atoms with van der Waals surface area (Å²) in [6.45, 7) is -0.102.